The van der Waals surface area contributed by atoms with Crippen LogP contribution in [0.4, 0.5) is 13.2 Å². The standard InChI is InChI=1S/C23H23ClF3N5O3/c24-22(35-23(25,26)27)14-17(9-10-18(22)16-6-2-1-3-7-16)30-21(34)19-8-4-5-13-31(19)20(33)15-32-28-11-12-29-32/h1-3,6-7,9-12,19H,4-5,8,13-15H2,(H,30,34)/t19-,22?/m1/s1. The highest BCUT2D eigenvalue weighted by atomic mass is 35.5. The fourth-order valence-corrected chi connectivity index (χ4v) is 4.68. The lowest BCUT2D eigenvalue weighted by Crippen LogP contribution is -2.53. The first kappa shape index (κ1) is 24.9. The lowest BCUT2D eigenvalue weighted by molar-refractivity contribution is -0.342. The molecule has 2 atom stereocenters. The molecule has 1 aliphatic carbocycles. The molecule has 1 N–H and O–H groups in total. The largest absolute Gasteiger partial charge is 0.524 e. The topological polar surface area (TPSA) is 89.4 Å². The Balaban J connectivity index is 1.53. The van der Waals surface area contributed by atoms with Gasteiger partial charge < -0.3 is 10.2 Å². The Morgan fingerprint density at radius 3 is 2.54 bits per heavy atom. The zero-order valence-corrected chi connectivity index (χ0v) is 19.3. The first-order chi connectivity index (χ1) is 16.6. The fourth-order valence-electron chi connectivity index (χ4n) is 4.28. The van der Waals surface area contributed by atoms with Crippen molar-refractivity contribution in [3.8, 4) is 0 Å². The van der Waals surface area contributed by atoms with Crippen molar-refractivity contribution in [1.82, 2.24) is 25.2 Å². The van der Waals surface area contributed by atoms with E-state index in [0.29, 0.717) is 18.5 Å². The molecule has 1 aromatic heterocycles. The van der Waals surface area contributed by atoms with Gasteiger partial charge in [-0.2, -0.15) is 15.0 Å². The third kappa shape index (κ3) is 6.09. The number of benzene rings is 1. The first-order valence-corrected chi connectivity index (χ1v) is 11.4. The molecule has 1 unspecified atom stereocenters. The van der Waals surface area contributed by atoms with Crippen LogP contribution >= 0.6 is 11.6 Å². The monoisotopic (exact) mass is 509 g/mol. The van der Waals surface area contributed by atoms with Gasteiger partial charge in [0, 0.05) is 24.2 Å². The number of hydrogen-bond donors (Lipinski definition) is 1. The first-order valence-electron chi connectivity index (χ1n) is 11.0. The Labute approximate surface area is 204 Å². The maximum atomic E-state index is 13.3. The lowest BCUT2D eigenvalue weighted by Gasteiger charge is -2.37. The van der Waals surface area contributed by atoms with Crippen LogP contribution in [0.15, 0.2) is 60.6 Å². The van der Waals surface area contributed by atoms with Crippen molar-refractivity contribution in [1.29, 1.82) is 0 Å². The Kier molecular flexibility index (Phi) is 7.27. The molecule has 35 heavy (non-hydrogen) atoms. The predicted octanol–water partition coefficient (Wildman–Crippen LogP) is 3.62. The van der Waals surface area contributed by atoms with Gasteiger partial charge in [-0.3, -0.25) is 14.3 Å². The van der Waals surface area contributed by atoms with E-state index in [0.717, 1.165) is 12.8 Å². The summed E-state index contributed by atoms with van der Waals surface area (Å²) in [6.07, 6.45) is 2.25. The number of alkyl halides is 4. The number of amides is 2. The number of ether oxygens (including phenoxy) is 1. The number of likely N-dealkylation sites (tertiary alicyclic amines) is 1. The molecule has 186 valence electrons. The van der Waals surface area contributed by atoms with Crippen LogP contribution in [0, 0.1) is 0 Å². The second kappa shape index (κ2) is 10.2. The Hall–Kier alpha value is -3.18. The zero-order valence-electron chi connectivity index (χ0n) is 18.5. The second-order valence-electron chi connectivity index (χ2n) is 8.24. The van der Waals surface area contributed by atoms with Crippen LogP contribution in [0.2, 0.25) is 0 Å². The van der Waals surface area contributed by atoms with E-state index in [1.165, 1.54) is 34.2 Å². The summed E-state index contributed by atoms with van der Waals surface area (Å²) in [5.41, 5.74) is 0.738. The molecule has 0 spiro atoms. The van der Waals surface area contributed by atoms with Crippen LogP contribution in [0.3, 0.4) is 0 Å². The van der Waals surface area contributed by atoms with Crippen molar-refractivity contribution >= 4 is 29.0 Å². The van der Waals surface area contributed by atoms with Gasteiger partial charge in [-0.25, -0.2) is 0 Å². The third-order valence-corrected chi connectivity index (χ3v) is 6.20. The molecule has 2 aromatic rings. The fraction of sp³-hybridized carbons (Fsp3) is 0.391. The smallest absolute Gasteiger partial charge is 0.329 e. The molecule has 1 aliphatic heterocycles. The minimum absolute atomic E-state index is 0.118. The van der Waals surface area contributed by atoms with Crippen molar-refractivity contribution in [2.75, 3.05) is 6.54 Å². The Morgan fingerprint density at radius 1 is 1.14 bits per heavy atom. The highest BCUT2D eigenvalue weighted by molar-refractivity contribution is 6.29. The van der Waals surface area contributed by atoms with Crippen LogP contribution in [0.5, 0.6) is 0 Å². The molecule has 1 aromatic carbocycles. The third-order valence-electron chi connectivity index (χ3n) is 5.79. The van der Waals surface area contributed by atoms with Crippen LogP contribution < -0.4 is 5.32 Å². The maximum Gasteiger partial charge on any atom is 0.524 e. The van der Waals surface area contributed by atoms with Crippen molar-refractivity contribution < 1.29 is 27.5 Å². The van der Waals surface area contributed by atoms with E-state index >= 15 is 0 Å². The summed E-state index contributed by atoms with van der Waals surface area (Å²) in [4.78, 5) is 28.6. The van der Waals surface area contributed by atoms with E-state index in [1.54, 1.807) is 30.3 Å². The number of carbonyl (C=O) groups excluding carboxylic acids is 2. The summed E-state index contributed by atoms with van der Waals surface area (Å²) in [6.45, 7) is 0.263. The minimum atomic E-state index is -5.00. The van der Waals surface area contributed by atoms with Gasteiger partial charge in [0.1, 0.15) is 12.6 Å². The predicted molar refractivity (Wildman–Crippen MR) is 120 cm³/mol. The number of rotatable bonds is 6. The number of halogens is 4. The summed E-state index contributed by atoms with van der Waals surface area (Å²) in [5, 5.41) is 8.21. The summed E-state index contributed by atoms with van der Waals surface area (Å²) in [5.74, 6) is -0.822. The SMILES string of the molecule is O=C(NC1=CC=C(c2ccccc2)C(Cl)(OC(F)(F)F)C1)[C@H]1CCCCN1C(=O)Cn1nccn1. The lowest BCUT2D eigenvalue weighted by atomic mass is 9.92. The zero-order chi connectivity index (χ0) is 25.1. The molecule has 2 heterocycles. The Morgan fingerprint density at radius 2 is 1.86 bits per heavy atom. The van der Waals surface area contributed by atoms with Gasteiger partial charge in [-0.15, -0.1) is 13.2 Å². The van der Waals surface area contributed by atoms with Gasteiger partial charge >= 0.3 is 6.36 Å². The Bertz CT molecular complexity index is 1120. The van der Waals surface area contributed by atoms with Crippen molar-refractivity contribution in [3.05, 3.63) is 66.1 Å². The van der Waals surface area contributed by atoms with E-state index in [-0.39, 0.29) is 23.7 Å². The molecular formula is C23H23ClF3N5O3. The highest BCUT2D eigenvalue weighted by Crippen LogP contribution is 2.45. The minimum Gasteiger partial charge on any atom is -0.329 e. The normalized spacial score (nSPS) is 22.9. The summed E-state index contributed by atoms with van der Waals surface area (Å²) < 4.78 is 44.1. The average Bonchev–Trinajstić information content (AvgIpc) is 3.31. The van der Waals surface area contributed by atoms with Crippen LogP contribution in [0.1, 0.15) is 31.2 Å². The second-order valence-corrected chi connectivity index (χ2v) is 8.85. The van der Waals surface area contributed by atoms with Crippen molar-refractivity contribution in [2.45, 2.75) is 49.7 Å². The number of hydrogen-bond acceptors (Lipinski definition) is 5. The van der Waals surface area contributed by atoms with E-state index < -0.39 is 29.8 Å². The van der Waals surface area contributed by atoms with Crippen LogP contribution in [-0.2, 0) is 20.9 Å². The van der Waals surface area contributed by atoms with Crippen LogP contribution in [0.25, 0.3) is 5.57 Å². The van der Waals surface area contributed by atoms with Gasteiger partial charge in [-0.05, 0) is 30.9 Å². The van der Waals surface area contributed by atoms with E-state index in [9.17, 15) is 22.8 Å². The number of aromatic nitrogens is 3. The van der Waals surface area contributed by atoms with E-state index in [1.807, 2.05) is 0 Å². The molecule has 0 saturated carbocycles. The molecule has 1 fully saturated rings. The number of piperidine rings is 1. The molecule has 8 nitrogen and oxygen atoms in total. The molecular weight excluding hydrogens is 487 g/mol. The summed E-state index contributed by atoms with van der Waals surface area (Å²) >= 11 is 6.40. The maximum absolute atomic E-state index is 13.3. The van der Waals surface area contributed by atoms with Gasteiger partial charge in [0.15, 0.2) is 5.06 Å². The molecule has 0 bridgehead atoms. The van der Waals surface area contributed by atoms with Gasteiger partial charge in [0.2, 0.25) is 11.8 Å². The quantitative estimate of drug-likeness (QED) is 0.601. The van der Waals surface area contributed by atoms with Crippen molar-refractivity contribution in [3.63, 3.8) is 0 Å². The molecule has 4 rings (SSSR count). The van der Waals surface area contributed by atoms with Crippen LogP contribution in [-0.4, -0.2) is 55.7 Å². The molecule has 12 heteroatoms. The molecule has 2 aliphatic rings. The molecule has 0 radical (unpaired) electrons. The van der Waals surface area contributed by atoms with Gasteiger partial charge in [0.25, 0.3) is 0 Å². The molecule has 2 amide bonds. The van der Waals surface area contributed by atoms with Crippen molar-refractivity contribution in [2.24, 2.45) is 0 Å². The summed E-state index contributed by atoms with van der Waals surface area (Å²) in [7, 11) is 0. The number of allylic oxidation sites excluding steroid dienone is 2. The van der Waals surface area contributed by atoms with E-state index in [4.69, 9.17) is 11.6 Å². The summed E-state index contributed by atoms with van der Waals surface area (Å²) in [6, 6.07) is 7.56. The number of carbonyl (C=O) groups is 2. The highest BCUT2D eigenvalue weighted by Gasteiger charge is 2.47. The van der Waals surface area contributed by atoms with Gasteiger partial charge in [-0.1, -0.05) is 48.0 Å². The van der Waals surface area contributed by atoms with E-state index in [2.05, 4.69) is 20.3 Å². The molecule has 1 saturated heterocycles. The average molecular weight is 510 g/mol. The number of nitrogens with zero attached hydrogens (tertiary/aromatic N) is 4. The number of nitrogens with one attached hydrogen (secondary N) is 1. The van der Waals surface area contributed by atoms with Gasteiger partial charge in [0.05, 0.1) is 12.4 Å².